The molecule has 0 spiro atoms. The molecule has 3 rings (SSSR count). The van der Waals surface area contributed by atoms with Gasteiger partial charge in [-0.25, -0.2) is 4.79 Å². The molecule has 0 saturated carbocycles. The molecule has 0 saturated heterocycles. The van der Waals surface area contributed by atoms with Crippen LogP contribution in [-0.4, -0.2) is 23.5 Å². The van der Waals surface area contributed by atoms with Gasteiger partial charge in [-0.2, -0.15) is 0 Å². The molecule has 2 heterocycles. The molecule has 5 nitrogen and oxygen atoms in total. The smallest absolute Gasteiger partial charge is 0.340 e. The lowest BCUT2D eigenvalue weighted by Gasteiger charge is -2.18. The first-order valence-electron chi connectivity index (χ1n) is 7.69. The summed E-state index contributed by atoms with van der Waals surface area (Å²) in [5, 5.41) is 4.88. The number of rotatable bonds is 6. The summed E-state index contributed by atoms with van der Waals surface area (Å²) in [4.78, 5) is 29.0. The summed E-state index contributed by atoms with van der Waals surface area (Å²) in [6.45, 7) is -0.345. The van der Waals surface area contributed by atoms with Crippen molar-refractivity contribution in [2.45, 2.75) is 6.04 Å². The number of thiophene rings is 1. The highest BCUT2D eigenvalue weighted by Crippen LogP contribution is 2.25. The van der Waals surface area contributed by atoms with E-state index < -0.39 is 5.97 Å². The summed E-state index contributed by atoms with van der Waals surface area (Å²) in [6.07, 6.45) is 2.97. The molecule has 1 atom stereocenters. The highest BCUT2D eigenvalue weighted by atomic mass is 32.1. The topological polar surface area (TPSA) is 68.3 Å². The number of esters is 1. The number of carbonyl (C=O) groups is 2. The number of benzene rings is 1. The Kier molecular flexibility index (Phi) is 5.53. The molecule has 25 heavy (non-hydrogen) atoms. The standard InChI is InChI=1S/C19H16N2O3S/c22-17(13-24-19(23)15-8-4-10-20-12-15)21-18(16-9-5-11-25-16)14-6-2-1-3-7-14/h1-12,18H,13H2,(H,21,22)/t18-/m1/s1. The number of hydrogen-bond acceptors (Lipinski definition) is 5. The van der Waals surface area contributed by atoms with Crippen LogP contribution in [0.25, 0.3) is 0 Å². The fourth-order valence-corrected chi connectivity index (χ4v) is 3.12. The van der Waals surface area contributed by atoms with E-state index in [1.165, 1.54) is 6.20 Å². The second kappa shape index (κ2) is 8.21. The van der Waals surface area contributed by atoms with E-state index in [0.29, 0.717) is 5.56 Å². The van der Waals surface area contributed by atoms with Gasteiger partial charge in [-0.1, -0.05) is 36.4 Å². The fraction of sp³-hybridized carbons (Fsp3) is 0.105. The van der Waals surface area contributed by atoms with Crippen LogP contribution in [0.2, 0.25) is 0 Å². The number of nitrogens with zero attached hydrogens (tertiary/aromatic N) is 1. The molecule has 2 aromatic heterocycles. The zero-order valence-electron chi connectivity index (χ0n) is 13.3. The van der Waals surface area contributed by atoms with Gasteiger partial charge in [0.15, 0.2) is 6.61 Å². The van der Waals surface area contributed by atoms with E-state index in [1.54, 1.807) is 29.7 Å². The van der Waals surface area contributed by atoms with Crippen molar-refractivity contribution in [3.63, 3.8) is 0 Å². The molecule has 0 aliphatic heterocycles. The molecular weight excluding hydrogens is 336 g/mol. The van der Waals surface area contributed by atoms with E-state index >= 15 is 0 Å². The number of aromatic nitrogens is 1. The van der Waals surface area contributed by atoms with E-state index in [-0.39, 0.29) is 18.6 Å². The summed E-state index contributed by atoms with van der Waals surface area (Å²) in [5.41, 5.74) is 1.28. The number of amides is 1. The van der Waals surface area contributed by atoms with Gasteiger partial charge in [0.25, 0.3) is 5.91 Å². The van der Waals surface area contributed by atoms with Crippen LogP contribution < -0.4 is 5.32 Å². The highest BCUT2D eigenvalue weighted by Gasteiger charge is 2.18. The summed E-state index contributed by atoms with van der Waals surface area (Å²) < 4.78 is 5.06. The van der Waals surface area contributed by atoms with Crippen molar-refractivity contribution in [3.8, 4) is 0 Å². The lowest BCUT2D eigenvalue weighted by Crippen LogP contribution is -2.32. The first-order chi connectivity index (χ1) is 12.2. The minimum absolute atomic E-state index is 0.272. The molecule has 0 bridgehead atoms. The van der Waals surface area contributed by atoms with E-state index in [4.69, 9.17) is 4.74 Å². The Morgan fingerprint density at radius 2 is 1.92 bits per heavy atom. The molecule has 0 aliphatic carbocycles. The number of ether oxygens (including phenoxy) is 1. The summed E-state index contributed by atoms with van der Waals surface area (Å²) in [5.74, 6) is -0.935. The molecule has 6 heteroatoms. The van der Waals surface area contributed by atoms with Crippen LogP contribution in [0.5, 0.6) is 0 Å². The van der Waals surface area contributed by atoms with Gasteiger partial charge in [-0.3, -0.25) is 9.78 Å². The van der Waals surface area contributed by atoms with Crippen LogP contribution in [0.15, 0.2) is 72.4 Å². The maximum Gasteiger partial charge on any atom is 0.340 e. The van der Waals surface area contributed by atoms with E-state index in [9.17, 15) is 9.59 Å². The quantitative estimate of drug-likeness (QED) is 0.692. The third-order valence-corrected chi connectivity index (χ3v) is 4.43. The van der Waals surface area contributed by atoms with Gasteiger partial charge >= 0.3 is 5.97 Å². The summed E-state index contributed by atoms with van der Waals surface area (Å²) in [6, 6.07) is 16.5. The SMILES string of the molecule is O=C(COC(=O)c1cccnc1)N[C@H](c1ccccc1)c1cccs1. The molecule has 1 N–H and O–H groups in total. The first-order valence-corrected chi connectivity index (χ1v) is 8.57. The van der Waals surface area contributed by atoms with Gasteiger partial charge in [0, 0.05) is 17.3 Å². The van der Waals surface area contributed by atoms with Gasteiger partial charge in [0.2, 0.25) is 0 Å². The van der Waals surface area contributed by atoms with Crippen molar-refractivity contribution in [1.29, 1.82) is 0 Å². The number of carbonyl (C=O) groups excluding carboxylic acids is 2. The van der Waals surface area contributed by atoms with Crippen molar-refractivity contribution in [3.05, 3.63) is 88.4 Å². The molecule has 0 fully saturated rings. The maximum absolute atomic E-state index is 12.3. The van der Waals surface area contributed by atoms with Gasteiger partial charge in [-0.05, 0) is 29.1 Å². The van der Waals surface area contributed by atoms with Crippen LogP contribution in [0, 0.1) is 0 Å². The third-order valence-electron chi connectivity index (χ3n) is 3.50. The van der Waals surface area contributed by atoms with Crippen LogP contribution in [0.1, 0.15) is 26.8 Å². The Balaban J connectivity index is 1.64. The van der Waals surface area contributed by atoms with Crippen molar-refractivity contribution in [2.24, 2.45) is 0 Å². The Bertz CT molecular complexity index is 820. The summed E-state index contributed by atoms with van der Waals surface area (Å²) in [7, 11) is 0. The van der Waals surface area contributed by atoms with Crippen molar-refractivity contribution in [1.82, 2.24) is 10.3 Å². The van der Waals surface area contributed by atoms with E-state index in [0.717, 1.165) is 10.4 Å². The molecule has 1 amide bonds. The number of pyridine rings is 1. The van der Waals surface area contributed by atoms with Crippen LogP contribution in [-0.2, 0) is 9.53 Å². The normalized spacial score (nSPS) is 11.5. The lowest BCUT2D eigenvalue weighted by atomic mass is 10.1. The Hall–Kier alpha value is -2.99. The number of hydrogen-bond donors (Lipinski definition) is 1. The Morgan fingerprint density at radius 1 is 1.08 bits per heavy atom. The lowest BCUT2D eigenvalue weighted by molar-refractivity contribution is -0.124. The minimum atomic E-state index is -0.573. The molecule has 0 unspecified atom stereocenters. The average Bonchev–Trinajstić information content (AvgIpc) is 3.20. The van der Waals surface area contributed by atoms with Gasteiger partial charge in [0.05, 0.1) is 11.6 Å². The van der Waals surface area contributed by atoms with E-state index in [1.807, 2.05) is 47.8 Å². The van der Waals surface area contributed by atoms with Gasteiger partial charge in [-0.15, -0.1) is 11.3 Å². The summed E-state index contributed by atoms with van der Waals surface area (Å²) >= 11 is 1.56. The van der Waals surface area contributed by atoms with Crippen molar-refractivity contribution < 1.29 is 14.3 Å². The fourth-order valence-electron chi connectivity index (χ4n) is 2.32. The molecule has 1 aromatic carbocycles. The number of nitrogens with one attached hydrogen (secondary N) is 1. The molecule has 0 aliphatic rings. The van der Waals surface area contributed by atoms with Crippen LogP contribution in [0.4, 0.5) is 0 Å². The predicted molar refractivity (Wildman–Crippen MR) is 95.3 cm³/mol. The Labute approximate surface area is 149 Å². The van der Waals surface area contributed by atoms with Gasteiger partial charge in [0.1, 0.15) is 0 Å². The average molecular weight is 352 g/mol. The van der Waals surface area contributed by atoms with Crippen LogP contribution in [0.3, 0.4) is 0 Å². The second-order valence-corrected chi connectivity index (χ2v) is 6.22. The minimum Gasteiger partial charge on any atom is -0.452 e. The molecule has 3 aromatic rings. The molecular formula is C19H16N2O3S. The van der Waals surface area contributed by atoms with E-state index in [2.05, 4.69) is 10.3 Å². The monoisotopic (exact) mass is 352 g/mol. The zero-order chi connectivity index (χ0) is 17.5. The molecule has 126 valence electrons. The first kappa shape index (κ1) is 16.9. The van der Waals surface area contributed by atoms with Crippen molar-refractivity contribution in [2.75, 3.05) is 6.61 Å². The second-order valence-electron chi connectivity index (χ2n) is 5.24. The largest absolute Gasteiger partial charge is 0.452 e. The maximum atomic E-state index is 12.3. The van der Waals surface area contributed by atoms with Crippen LogP contribution >= 0.6 is 11.3 Å². The highest BCUT2D eigenvalue weighted by molar-refractivity contribution is 7.10. The Morgan fingerprint density at radius 3 is 2.60 bits per heavy atom. The van der Waals surface area contributed by atoms with Gasteiger partial charge < -0.3 is 10.1 Å². The predicted octanol–water partition coefficient (Wildman–Crippen LogP) is 3.21. The van der Waals surface area contributed by atoms with Crippen molar-refractivity contribution >= 4 is 23.2 Å². The zero-order valence-corrected chi connectivity index (χ0v) is 14.1. The third kappa shape index (κ3) is 4.51. The molecule has 0 radical (unpaired) electrons.